The van der Waals surface area contributed by atoms with Gasteiger partial charge in [-0.3, -0.25) is 14.6 Å². The lowest BCUT2D eigenvalue weighted by molar-refractivity contribution is -0.145. The number of hydrogen-bond donors (Lipinski definition) is 1. The number of anilines is 1. The molecule has 2 aromatic rings. The van der Waals surface area contributed by atoms with E-state index >= 15 is 0 Å². The number of thiophene rings is 1. The van der Waals surface area contributed by atoms with E-state index in [9.17, 15) is 9.59 Å². The van der Waals surface area contributed by atoms with Crippen LogP contribution in [0.4, 0.5) is 5.00 Å². The highest BCUT2D eigenvalue weighted by Crippen LogP contribution is 2.43. The third kappa shape index (κ3) is 2.75. The van der Waals surface area contributed by atoms with Gasteiger partial charge in [0.25, 0.3) is 0 Å². The van der Waals surface area contributed by atoms with Gasteiger partial charge in [-0.25, -0.2) is 0 Å². The number of nitrogens with one attached hydrogen (secondary N) is 1. The van der Waals surface area contributed by atoms with Gasteiger partial charge in [0.15, 0.2) is 0 Å². The van der Waals surface area contributed by atoms with Gasteiger partial charge in [0.1, 0.15) is 11.5 Å². The van der Waals surface area contributed by atoms with Crippen molar-refractivity contribution < 1.29 is 14.3 Å². The zero-order valence-electron chi connectivity index (χ0n) is 13.5. The highest BCUT2D eigenvalue weighted by molar-refractivity contribution is 7.17. The van der Waals surface area contributed by atoms with Crippen LogP contribution in [0.1, 0.15) is 21.6 Å². The first-order valence-corrected chi connectivity index (χ1v) is 9.10. The molecule has 1 amide bonds. The molecule has 1 N–H and O–H groups in total. The summed E-state index contributed by atoms with van der Waals surface area (Å²) in [5.41, 5.74) is 3.47. The minimum absolute atomic E-state index is 0.0527. The lowest BCUT2D eigenvalue weighted by Gasteiger charge is -2.11. The zero-order chi connectivity index (χ0) is 17.6. The Hall–Kier alpha value is -2.18. The molecule has 0 radical (unpaired) electrons. The van der Waals surface area contributed by atoms with Crippen LogP contribution >= 0.6 is 22.9 Å². The number of benzene rings is 1. The second-order valence-corrected chi connectivity index (χ2v) is 7.54. The number of amides is 1. The van der Waals surface area contributed by atoms with Crippen LogP contribution in [0.25, 0.3) is 0 Å². The summed E-state index contributed by atoms with van der Waals surface area (Å²) < 4.78 is 4.90. The van der Waals surface area contributed by atoms with Gasteiger partial charge >= 0.3 is 5.97 Å². The highest BCUT2D eigenvalue weighted by Gasteiger charge is 2.36. The number of hydrogen-bond acceptors (Lipinski definition) is 5. The molecule has 1 aliphatic heterocycles. The molecule has 1 aromatic heterocycles. The summed E-state index contributed by atoms with van der Waals surface area (Å²) >= 11 is 7.89. The van der Waals surface area contributed by atoms with Gasteiger partial charge in [0.05, 0.1) is 18.7 Å². The summed E-state index contributed by atoms with van der Waals surface area (Å²) in [4.78, 5) is 29.6. The van der Waals surface area contributed by atoms with Crippen molar-refractivity contribution in [3.63, 3.8) is 0 Å². The molecule has 25 heavy (non-hydrogen) atoms. The molecule has 128 valence electrons. The van der Waals surface area contributed by atoms with Gasteiger partial charge < -0.3 is 10.1 Å². The predicted octanol–water partition coefficient (Wildman–Crippen LogP) is 3.08. The van der Waals surface area contributed by atoms with Gasteiger partial charge in [-0.15, -0.1) is 11.3 Å². The van der Waals surface area contributed by atoms with E-state index in [-0.39, 0.29) is 24.3 Å². The fourth-order valence-electron chi connectivity index (χ4n) is 3.38. The van der Waals surface area contributed by atoms with E-state index in [4.69, 9.17) is 16.3 Å². The Morgan fingerprint density at radius 3 is 2.92 bits per heavy atom. The van der Waals surface area contributed by atoms with Crippen molar-refractivity contribution in [3.05, 3.63) is 50.9 Å². The van der Waals surface area contributed by atoms with Crippen molar-refractivity contribution in [2.45, 2.75) is 12.8 Å². The van der Waals surface area contributed by atoms with Crippen molar-refractivity contribution in [3.8, 4) is 0 Å². The van der Waals surface area contributed by atoms with Crippen LogP contribution in [-0.2, 0) is 27.2 Å². The van der Waals surface area contributed by atoms with Crippen LogP contribution in [0.5, 0.6) is 0 Å². The minimum atomic E-state index is -0.203. The number of carbonyl (C=O) groups is 2. The van der Waals surface area contributed by atoms with Crippen LogP contribution in [0, 0.1) is 5.92 Å². The first-order chi connectivity index (χ1) is 12.1. The molecule has 7 heteroatoms. The van der Waals surface area contributed by atoms with E-state index < -0.39 is 0 Å². The number of nitrogens with zero attached hydrogens (tertiary/aromatic N) is 1. The van der Waals surface area contributed by atoms with Crippen molar-refractivity contribution in [2.75, 3.05) is 19.0 Å². The van der Waals surface area contributed by atoms with Crippen LogP contribution < -0.4 is 5.32 Å². The number of methoxy groups -OCH3 is 1. The average molecular weight is 375 g/mol. The Bertz CT molecular complexity index is 919. The number of esters is 1. The van der Waals surface area contributed by atoms with E-state index in [2.05, 4.69) is 10.3 Å². The molecule has 4 rings (SSSR count). The molecule has 1 aliphatic carbocycles. The Kier molecular flexibility index (Phi) is 4.09. The predicted molar refractivity (Wildman–Crippen MR) is 97.8 cm³/mol. The van der Waals surface area contributed by atoms with Crippen molar-refractivity contribution >= 4 is 45.5 Å². The maximum atomic E-state index is 12.0. The van der Waals surface area contributed by atoms with Crippen molar-refractivity contribution in [1.82, 2.24) is 0 Å². The van der Waals surface area contributed by atoms with E-state index in [0.717, 1.165) is 26.6 Å². The van der Waals surface area contributed by atoms with Gasteiger partial charge in [0.2, 0.25) is 5.91 Å². The molecule has 0 spiro atoms. The highest BCUT2D eigenvalue weighted by atomic mass is 35.5. The van der Waals surface area contributed by atoms with E-state index in [1.165, 1.54) is 18.4 Å². The monoisotopic (exact) mass is 374 g/mol. The topological polar surface area (TPSA) is 67.8 Å². The summed E-state index contributed by atoms with van der Waals surface area (Å²) in [5.74, 6) is -0.526. The molecule has 2 aliphatic rings. The molecule has 0 fully saturated rings. The normalized spacial score (nSPS) is 18.7. The summed E-state index contributed by atoms with van der Waals surface area (Å²) in [6.45, 7) is 0.0527. The molecule has 0 saturated heterocycles. The molecule has 2 heterocycles. The Morgan fingerprint density at radius 1 is 1.36 bits per heavy atom. The second-order valence-electron chi connectivity index (χ2n) is 6.03. The molecular weight excluding hydrogens is 360 g/mol. The van der Waals surface area contributed by atoms with E-state index in [0.29, 0.717) is 23.6 Å². The summed E-state index contributed by atoms with van der Waals surface area (Å²) in [6.07, 6.45) is 1.22. The number of halogens is 1. The molecule has 1 atom stereocenters. The van der Waals surface area contributed by atoms with E-state index in [1.54, 1.807) is 0 Å². The maximum absolute atomic E-state index is 12.0. The largest absolute Gasteiger partial charge is 0.469 e. The van der Waals surface area contributed by atoms with E-state index in [1.807, 2.05) is 24.3 Å². The molecule has 0 unspecified atom stereocenters. The first kappa shape index (κ1) is 16.3. The summed E-state index contributed by atoms with van der Waals surface area (Å²) in [6, 6.07) is 7.47. The van der Waals surface area contributed by atoms with Gasteiger partial charge in [-0.1, -0.05) is 29.8 Å². The number of fused-ring (bicyclic) bond motifs is 3. The van der Waals surface area contributed by atoms with Crippen LogP contribution in [0.15, 0.2) is 29.3 Å². The smallest absolute Gasteiger partial charge is 0.309 e. The first-order valence-electron chi connectivity index (χ1n) is 7.90. The quantitative estimate of drug-likeness (QED) is 0.821. The number of aliphatic imine (C=N–C) groups is 1. The third-order valence-corrected chi connectivity index (χ3v) is 6.01. The fraction of sp³-hybridized carbons (Fsp3) is 0.278. The third-order valence-electron chi connectivity index (χ3n) is 4.51. The van der Waals surface area contributed by atoms with Crippen LogP contribution in [0.3, 0.4) is 0 Å². The molecule has 0 bridgehead atoms. The Balaban J connectivity index is 1.85. The zero-order valence-corrected chi connectivity index (χ0v) is 15.0. The maximum Gasteiger partial charge on any atom is 0.309 e. The Labute approximate surface area is 153 Å². The Morgan fingerprint density at radius 2 is 2.16 bits per heavy atom. The summed E-state index contributed by atoms with van der Waals surface area (Å²) in [5, 5.41) is 4.31. The van der Waals surface area contributed by atoms with Gasteiger partial charge in [-0.2, -0.15) is 0 Å². The standard InChI is InChI=1S/C18H15ClN2O3S/c1-24-18(23)9-6-11-13(7-9)25-17-15(11)16(20-8-14(22)21-17)10-4-2-3-5-12(10)19/h2-5,9H,6-8H2,1H3,(H,21,22)/t9-/m0/s1. The lowest BCUT2D eigenvalue weighted by atomic mass is 9.98. The SMILES string of the molecule is COC(=O)[C@@H]1Cc2sc3c(c2C1)C(c1ccccc1Cl)=NCC(=O)N3. The number of carbonyl (C=O) groups excluding carboxylic acids is 2. The van der Waals surface area contributed by atoms with Crippen LogP contribution in [-0.4, -0.2) is 31.2 Å². The van der Waals surface area contributed by atoms with Gasteiger partial charge in [-0.05, 0) is 24.5 Å². The average Bonchev–Trinajstić information content (AvgIpc) is 3.09. The second kappa shape index (κ2) is 6.28. The molecule has 0 saturated carbocycles. The van der Waals surface area contributed by atoms with Crippen LogP contribution in [0.2, 0.25) is 5.02 Å². The summed E-state index contributed by atoms with van der Waals surface area (Å²) in [7, 11) is 1.41. The number of ether oxygens (including phenoxy) is 1. The molecular formula is C18H15ClN2O3S. The van der Waals surface area contributed by atoms with Crippen molar-refractivity contribution in [2.24, 2.45) is 10.9 Å². The lowest BCUT2D eigenvalue weighted by Crippen LogP contribution is -2.17. The fourth-order valence-corrected chi connectivity index (χ4v) is 4.93. The molecule has 1 aromatic carbocycles. The minimum Gasteiger partial charge on any atom is -0.469 e. The van der Waals surface area contributed by atoms with Crippen molar-refractivity contribution in [1.29, 1.82) is 0 Å². The molecule has 5 nitrogen and oxygen atoms in total. The number of rotatable bonds is 2. The van der Waals surface area contributed by atoms with Gasteiger partial charge in [0, 0.05) is 21.0 Å².